The SMILES string of the molecule is C=CCCC=C(C)CCC(C)CCCC(C=C)CCC. The van der Waals surface area contributed by atoms with Crippen molar-refractivity contribution < 1.29 is 0 Å². The van der Waals surface area contributed by atoms with Crippen LogP contribution in [0.25, 0.3) is 0 Å². The van der Waals surface area contributed by atoms with Crippen molar-refractivity contribution >= 4 is 0 Å². The summed E-state index contributed by atoms with van der Waals surface area (Å²) in [4.78, 5) is 0. The van der Waals surface area contributed by atoms with Gasteiger partial charge in [0.2, 0.25) is 0 Å². The van der Waals surface area contributed by atoms with Crippen molar-refractivity contribution in [3.8, 4) is 0 Å². The Kier molecular flexibility index (Phi) is 12.7. The second kappa shape index (κ2) is 13.2. The molecule has 0 saturated heterocycles. The van der Waals surface area contributed by atoms with Crippen molar-refractivity contribution in [2.45, 2.75) is 78.6 Å². The molecule has 0 bridgehead atoms. The predicted octanol–water partition coefficient (Wildman–Crippen LogP) is 7.09. The topological polar surface area (TPSA) is 0 Å². The fraction of sp³-hybridized carbons (Fsp3) is 0.700. The largest absolute Gasteiger partial charge is 0.103 e. The summed E-state index contributed by atoms with van der Waals surface area (Å²) >= 11 is 0. The maximum absolute atomic E-state index is 3.96. The first-order valence-corrected chi connectivity index (χ1v) is 8.53. The second-order valence-corrected chi connectivity index (χ2v) is 6.28. The van der Waals surface area contributed by atoms with E-state index in [1.54, 1.807) is 5.57 Å². The third kappa shape index (κ3) is 11.1. The molecule has 0 heterocycles. The van der Waals surface area contributed by atoms with Crippen LogP contribution in [0.2, 0.25) is 0 Å². The van der Waals surface area contributed by atoms with Crippen LogP contribution in [0.15, 0.2) is 37.0 Å². The van der Waals surface area contributed by atoms with E-state index >= 15 is 0 Å². The Bertz CT molecular complexity index is 272. The highest BCUT2D eigenvalue weighted by Crippen LogP contribution is 2.21. The Labute approximate surface area is 128 Å². The minimum atomic E-state index is 0.743. The van der Waals surface area contributed by atoms with Gasteiger partial charge in [-0.2, -0.15) is 0 Å². The first kappa shape index (κ1) is 19.2. The van der Waals surface area contributed by atoms with Gasteiger partial charge < -0.3 is 0 Å². The van der Waals surface area contributed by atoms with Gasteiger partial charge in [-0.15, -0.1) is 13.2 Å². The fourth-order valence-electron chi connectivity index (χ4n) is 2.65. The van der Waals surface area contributed by atoms with Crippen LogP contribution in [-0.4, -0.2) is 0 Å². The van der Waals surface area contributed by atoms with Gasteiger partial charge in [-0.25, -0.2) is 0 Å². The molecule has 0 aromatic heterocycles. The summed E-state index contributed by atoms with van der Waals surface area (Å²) in [6.07, 6.45) is 18.0. The van der Waals surface area contributed by atoms with E-state index in [4.69, 9.17) is 0 Å². The number of unbranched alkanes of at least 4 members (excludes halogenated alkanes) is 1. The summed E-state index contributed by atoms with van der Waals surface area (Å²) in [7, 11) is 0. The molecule has 0 aliphatic carbocycles. The lowest BCUT2D eigenvalue weighted by molar-refractivity contribution is 0.429. The molecule has 0 aliphatic heterocycles. The molecule has 0 heteroatoms. The summed E-state index contributed by atoms with van der Waals surface area (Å²) in [5, 5.41) is 0. The molecule has 0 radical (unpaired) electrons. The maximum Gasteiger partial charge on any atom is -0.0236 e. The summed E-state index contributed by atoms with van der Waals surface area (Å²) in [5.74, 6) is 1.59. The average Bonchev–Trinajstić information content (AvgIpc) is 2.44. The Morgan fingerprint density at radius 3 is 2.40 bits per heavy atom. The lowest BCUT2D eigenvalue weighted by Gasteiger charge is -2.14. The first-order valence-electron chi connectivity index (χ1n) is 8.53. The zero-order chi connectivity index (χ0) is 15.2. The Morgan fingerprint density at radius 1 is 1.05 bits per heavy atom. The van der Waals surface area contributed by atoms with Crippen molar-refractivity contribution in [2.75, 3.05) is 0 Å². The van der Waals surface area contributed by atoms with E-state index in [2.05, 4.69) is 46.1 Å². The Morgan fingerprint density at radius 2 is 1.80 bits per heavy atom. The zero-order valence-electron chi connectivity index (χ0n) is 14.2. The number of rotatable bonds is 13. The van der Waals surface area contributed by atoms with E-state index < -0.39 is 0 Å². The summed E-state index contributed by atoms with van der Waals surface area (Å²) in [6, 6.07) is 0. The lowest BCUT2D eigenvalue weighted by Crippen LogP contribution is -2.00. The van der Waals surface area contributed by atoms with Crippen LogP contribution in [0.5, 0.6) is 0 Å². The maximum atomic E-state index is 3.96. The molecular formula is C20H36. The molecule has 0 rings (SSSR count). The molecule has 0 aromatic carbocycles. The number of allylic oxidation sites excluding steroid dienone is 4. The van der Waals surface area contributed by atoms with E-state index in [0.29, 0.717) is 0 Å². The highest BCUT2D eigenvalue weighted by Gasteiger charge is 2.06. The molecule has 0 N–H and O–H groups in total. The van der Waals surface area contributed by atoms with Crippen molar-refractivity contribution in [1.29, 1.82) is 0 Å². The monoisotopic (exact) mass is 276 g/mol. The molecule has 0 aliphatic rings. The van der Waals surface area contributed by atoms with E-state index in [1.165, 1.54) is 44.9 Å². The molecule has 116 valence electrons. The molecular weight excluding hydrogens is 240 g/mol. The quantitative estimate of drug-likeness (QED) is 0.249. The molecule has 0 fully saturated rings. The van der Waals surface area contributed by atoms with Gasteiger partial charge in [0.1, 0.15) is 0 Å². The minimum Gasteiger partial charge on any atom is -0.103 e. The molecule has 0 aromatic rings. The predicted molar refractivity (Wildman–Crippen MR) is 94.0 cm³/mol. The first-order chi connectivity index (χ1) is 9.63. The average molecular weight is 277 g/mol. The van der Waals surface area contributed by atoms with Crippen LogP contribution < -0.4 is 0 Å². The minimum absolute atomic E-state index is 0.743. The third-order valence-corrected chi connectivity index (χ3v) is 4.16. The fourth-order valence-corrected chi connectivity index (χ4v) is 2.65. The second-order valence-electron chi connectivity index (χ2n) is 6.28. The molecule has 0 amide bonds. The van der Waals surface area contributed by atoms with Crippen molar-refractivity contribution in [1.82, 2.24) is 0 Å². The summed E-state index contributed by atoms with van der Waals surface area (Å²) in [6.45, 7) is 14.7. The molecule has 20 heavy (non-hydrogen) atoms. The van der Waals surface area contributed by atoms with Gasteiger partial charge >= 0.3 is 0 Å². The molecule has 0 nitrogen and oxygen atoms in total. The van der Waals surface area contributed by atoms with Crippen LogP contribution >= 0.6 is 0 Å². The highest BCUT2D eigenvalue weighted by molar-refractivity contribution is 4.98. The smallest absolute Gasteiger partial charge is 0.0236 e. The standard InChI is InChI=1S/C20H36/c1-6-9-10-13-18(4)16-17-19(5)14-11-15-20(8-3)12-7-2/h6,8,13,19-20H,1,3,7,9-12,14-17H2,2,4-5H3. The number of hydrogen-bond acceptors (Lipinski definition) is 0. The van der Waals surface area contributed by atoms with Crippen LogP contribution in [0, 0.1) is 11.8 Å². The van der Waals surface area contributed by atoms with Gasteiger partial charge in [0.25, 0.3) is 0 Å². The van der Waals surface area contributed by atoms with Gasteiger partial charge in [0, 0.05) is 0 Å². The van der Waals surface area contributed by atoms with Gasteiger partial charge in [-0.3, -0.25) is 0 Å². The van der Waals surface area contributed by atoms with Crippen molar-refractivity contribution in [3.05, 3.63) is 37.0 Å². The van der Waals surface area contributed by atoms with Crippen molar-refractivity contribution in [3.63, 3.8) is 0 Å². The molecule has 0 saturated carbocycles. The van der Waals surface area contributed by atoms with E-state index in [-0.39, 0.29) is 0 Å². The van der Waals surface area contributed by atoms with E-state index in [0.717, 1.165) is 24.7 Å². The zero-order valence-corrected chi connectivity index (χ0v) is 14.2. The molecule has 2 unspecified atom stereocenters. The normalized spacial score (nSPS) is 14.8. The van der Waals surface area contributed by atoms with Gasteiger partial charge in [-0.1, -0.05) is 56.9 Å². The molecule has 2 atom stereocenters. The van der Waals surface area contributed by atoms with Gasteiger partial charge in [-0.05, 0) is 57.3 Å². The third-order valence-electron chi connectivity index (χ3n) is 4.16. The van der Waals surface area contributed by atoms with E-state index in [9.17, 15) is 0 Å². The Hall–Kier alpha value is -0.780. The van der Waals surface area contributed by atoms with Crippen LogP contribution in [0.1, 0.15) is 78.6 Å². The van der Waals surface area contributed by atoms with Crippen LogP contribution in [0.3, 0.4) is 0 Å². The van der Waals surface area contributed by atoms with Gasteiger partial charge in [0.05, 0.1) is 0 Å². The highest BCUT2D eigenvalue weighted by atomic mass is 14.1. The van der Waals surface area contributed by atoms with E-state index in [1.807, 2.05) is 6.08 Å². The number of hydrogen-bond donors (Lipinski definition) is 0. The summed E-state index contributed by atoms with van der Waals surface area (Å²) in [5.41, 5.74) is 1.55. The molecule has 0 spiro atoms. The van der Waals surface area contributed by atoms with Crippen molar-refractivity contribution in [2.24, 2.45) is 11.8 Å². The lowest BCUT2D eigenvalue weighted by atomic mass is 9.92. The summed E-state index contributed by atoms with van der Waals surface area (Å²) < 4.78 is 0. The van der Waals surface area contributed by atoms with Crippen LogP contribution in [-0.2, 0) is 0 Å². The van der Waals surface area contributed by atoms with Crippen LogP contribution in [0.4, 0.5) is 0 Å². The van der Waals surface area contributed by atoms with Gasteiger partial charge in [0.15, 0.2) is 0 Å². The Balaban J connectivity index is 3.72.